The minimum atomic E-state index is -0.662. The van der Waals surface area contributed by atoms with Gasteiger partial charge in [-0.15, -0.1) is 11.3 Å². The Morgan fingerprint density at radius 1 is 1.33 bits per heavy atom. The first kappa shape index (κ1) is 18.6. The van der Waals surface area contributed by atoms with Crippen LogP contribution < -0.4 is 11.1 Å². The summed E-state index contributed by atoms with van der Waals surface area (Å²) in [5, 5.41) is 4.91. The van der Waals surface area contributed by atoms with Crippen LogP contribution in [0.3, 0.4) is 0 Å². The number of nitrogens with two attached hydrogens (primary N) is 1. The number of benzene rings is 1. The van der Waals surface area contributed by atoms with E-state index in [-0.39, 0.29) is 18.5 Å². The zero-order chi connectivity index (χ0) is 17.7. The molecule has 0 aliphatic carbocycles. The predicted octanol–water partition coefficient (Wildman–Crippen LogP) is 2.85. The maximum atomic E-state index is 12.3. The third kappa shape index (κ3) is 4.90. The molecule has 2 unspecified atom stereocenters. The summed E-state index contributed by atoms with van der Waals surface area (Å²) in [5.74, 6) is -0.644. The zero-order valence-electron chi connectivity index (χ0n) is 13.5. The van der Waals surface area contributed by atoms with Crippen molar-refractivity contribution in [3.05, 3.63) is 56.7 Å². The highest BCUT2D eigenvalue weighted by molar-refractivity contribution is 9.10. The molecule has 0 radical (unpaired) electrons. The second kappa shape index (κ2) is 8.41. The van der Waals surface area contributed by atoms with Crippen LogP contribution in [0.4, 0.5) is 0 Å². The number of carbonyl (C=O) groups excluding carboxylic acids is 2. The van der Waals surface area contributed by atoms with E-state index in [0.29, 0.717) is 0 Å². The third-order valence-electron chi connectivity index (χ3n) is 3.62. The fourth-order valence-electron chi connectivity index (χ4n) is 2.53. The van der Waals surface area contributed by atoms with Crippen LogP contribution in [0.25, 0.3) is 0 Å². The number of rotatable bonds is 7. The number of nitrogens with one attached hydrogen (secondary N) is 1. The Morgan fingerprint density at radius 3 is 2.67 bits per heavy atom. The summed E-state index contributed by atoms with van der Waals surface area (Å²) in [6.07, 6.45) is 0. The minimum Gasteiger partial charge on any atom is -0.368 e. The van der Waals surface area contributed by atoms with Gasteiger partial charge in [-0.05, 0) is 43.1 Å². The number of hydrogen-bond donors (Lipinski definition) is 2. The van der Waals surface area contributed by atoms with Crippen LogP contribution in [0.15, 0.2) is 46.3 Å². The quantitative estimate of drug-likeness (QED) is 0.737. The molecular formula is C17H20BrN3O2S. The Balaban J connectivity index is 2.03. The van der Waals surface area contributed by atoms with E-state index in [4.69, 9.17) is 5.73 Å². The molecule has 0 fully saturated rings. The molecule has 2 amide bonds. The monoisotopic (exact) mass is 409 g/mol. The van der Waals surface area contributed by atoms with Crippen molar-refractivity contribution in [1.29, 1.82) is 0 Å². The maximum Gasteiger partial charge on any atom is 0.239 e. The van der Waals surface area contributed by atoms with Crippen LogP contribution in [-0.2, 0) is 9.59 Å². The highest BCUT2D eigenvalue weighted by Gasteiger charge is 2.25. The summed E-state index contributed by atoms with van der Waals surface area (Å²) in [4.78, 5) is 26.9. The molecule has 0 bridgehead atoms. The molecule has 1 aromatic carbocycles. The van der Waals surface area contributed by atoms with E-state index in [2.05, 4.69) is 21.2 Å². The fourth-order valence-corrected chi connectivity index (χ4v) is 3.68. The van der Waals surface area contributed by atoms with E-state index in [1.54, 1.807) is 23.3 Å². The molecule has 0 saturated carbocycles. The average Bonchev–Trinajstić information content (AvgIpc) is 3.00. The topological polar surface area (TPSA) is 75.4 Å². The second-order valence-electron chi connectivity index (χ2n) is 5.58. The predicted molar refractivity (Wildman–Crippen MR) is 99.6 cm³/mol. The van der Waals surface area contributed by atoms with Gasteiger partial charge in [0.15, 0.2) is 0 Å². The lowest BCUT2D eigenvalue weighted by atomic mass is 10.1. The average molecular weight is 410 g/mol. The Kier molecular flexibility index (Phi) is 6.53. The molecule has 5 nitrogen and oxygen atoms in total. The molecule has 0 spiro atoms. The zero-order valence-corrected chi connectivity index (χ0v) is 15.9. The molecular weight excluding hydrogens is 390 g/mol. The highest BCUT2D eigenvalue weighted by Crippen LogP contribution is 2.23. The van der Waals surface area contributed by atoms with Gasteiger partial charge in [0.1, 0.15) is 6.04 Å². The molecule has 2 aromatic rings. The van der Waals surface area contributed by atoms with Gasteiger partial charge in [0.2, 0.25) is 11.8 Å². The lowest BCUT2D eigenvalue weighted by Gasteiger charge is -2.26. The molecule has 3 N–H and O–H groups in total. The van der Waals surface area contributed by atoms with Gasteiger partial charge in [-0.2, -0.15) is 0 Å². The van der Waals surface area contributed by atoms with Gasteiger partial charge in [0.25, 0.3) is 0 Å². The normalized spacial score (nSPS) is 13.5. The van der Waals surface area contributed by atoms with Crippen molar-refractivity contribution in [2.24, 2.45) is 5.73 Å². The first-order valence-corrected chi connectivity index (χ1v) is 9.13. The van der Waals surface area contributed by atoms with Crippen molar-refractivity contribution < 1.29 is 9.59 Å². The molecule has 24 heavy (non-hydrogen) atoms. The van der Waals surface area contributed by atoms with E-state index >= 15 is 0 Å². The first-order chi connectivity index (χ1) is 11.4. The van der Waals surface area contributed by atoms with Crippen molar-refractivity contribution in [1.82, 2.24) is 10.2 Å². The third-order valence-corrected chi connectivity index (χ3v) is 5.16. The molecule has 0 aliphatic heterocycles. The van der Waals surface area contributed by atoms with Crippen molar-refractivity contribution in [3.63, 3.8) is 0 Å². The van der Waals surface area contributed by atoms with Gasteiger partial charge in [-0.3, -0.25) is 14.5 Å². The van der Waals surface area contributed by atoms with Gasteiger partial charge >= 0.3 is 0 Å². The van der Waals surface area contributed by atoms with Crippen LogP contribution in [0.5, 0.6) is 0 Å². The number of likely N-dealkylation sites (N-methyl/N-ethyl adjacent to an activating group) is 1. The van der Waals surface area contributed by atoms with E-state index in [9.17, 15) is 9.59 Å². The number of halogens is 1. The smallest absolute Gasteiger partial charge is 0.239 e. The summed E-state index contributed by atoms with van der Waals surface area (Å²) < 4.78 is 0.857. The largest absolute Gasteiger partial charge is 0.368 e. The molecule has 128 valence electrons. The molecule has 1 heterocycles. The van der Waals surface area contributed by atoms with Gasteiger partial charge in [0, 0.05) is 9.35 Å². The number of nitrogens with zero attached hydrogens (tertiary/aromatic N) is 1. The van der Waals surface area contributed by atoms with Crippen LogP contribution >= 0.6 is 27.3 Å². The Bertz CT molecular complexity index is 706. The van der Waals surface area contributed by atoms with Gasteiger partial charge < -0.3 is 11.1 Å². The van der Waals surface area contributed by atoms with E-state index in [1.807, 2.05) is 48.7 Å². The lowest BCUT2D eigenvalue weighted by Crippen LogP contribution is -2.42. The molecule has 7 heteroatoms. The summed E-state index contributed by atoms with van der Waals surface area (Å²) in [7, 11) is 1.71. The van der Waals surface area contributed by atoms with E-state index in [0.717, 1.165) is 14.9 Å². The van der Waals surface area contributed by atoms with E-state index in [1.165, 1.54) is 0 Å². The van der Waals surface area contributed by atoms with Crippen molar-refractivity contribution in [3.8, 4) is 0 Å². The second-order valence-corrected chi connectivity index (χ2v) is 7.47. The number of carbonyl (C=O) groups is 2. The number of amides is 2. The molecule has 2 atom stereocenters. The Morgan fingerprint density at radius 2 is 2.08 bits per heavy atom. The first-order valence-electron chi connectivity index (χ1n) is 7.46. The summed E-state index contributed by atoms with van der Waals surface area (Å²) in [5.41, 5.74) is 6.30. The van der Waals surface area contributed by atoms with Gasteiger partial charge in [-0.1, -0.05) is 34.1 Å². The molecule has 2 rings (SSSR count). The van der Waals surface area contributed by atoms with Gasteiger partial charge in [0.05, 0.1) is 12.6 Å². The summed E-state index contributed by atoms with van der Waals surface area (Å²) in [6, 6.07) is 10.6. The van der Waals surface area contributed by atoms with Gasteiger partial charge in [-0.25, -0.2) is 0 Å². The summed E-state index contributed by atoms with van der Waals surface area (Å²) >= 11 is 4.98. The van der Waals surface area contributed by atoms with Crippen LogP contribution in [-0.4, -0.2) is 30.3 Å². The Labute approximate surface area is 154 Å². The number of thiophene rings is 1. The van der Waals surface area contributed by atoms with Crippen molar-refractivity contribution in [2.45, 2.75) is 19.0 Å². The minimum absolute atomic E-state index is 0.0659. The van der Waals surface area contributed by atoms with Crippen molar-refractivity contribution in [2.75, 3.05) is 13.6 Å². The standard InChI is InChI=1S/C17H20BrN3O2S/c1-11(14-7-4-8-24-14)20-15(22)10-21(2)16(17(19)23)12-5-3-6-13(18)9-12/h3-9,11,16H,10H2,1-2H3,(H2,19,23)(H,20,22). The molecule has 0 aliphatic rings. The van der Waals surface area contributed by atoms with Crippen LogP contribution in [0.2, 0.25) is 0 Å². The number of primary amides is 1. The number of hydrogen-bond acceptors (Lipinski definition) is 4. The Hall–Kier alpha value is -1.70. The summed E-state index contributed by atoms with van der Waals surface area (Å²) in [6.45, 7) is 2.01. The maximum absolute atomic E-state index is 12.3. The SMILES string of the molecule is CC(NC(=O)CN(C)C(C(N)=O)c1cccc(Br)c1)c1cccs1. The van der Waals surface area contributed by atoms with E-state index < -0.39 is 11.9 Å². The fraction of sp³-hybridized carbons (Fsp3) is 0.294. The van der Waals surface area contributed by atoms with Crippen LogP contribution in [0.1, 0.15) is 29.4 Å². The molecule has 0 saturated heterocycles. The highest BCUT2D eigenvalue weighted by atomic mass is 79.9. The lowest BCUT2D eigenvalue weighted by molar-refractivity contribution is -0.126. The molecule has 1 aromatic heterocycles. The van der Waals surface area contributed by atoms with Crippen LogP contribution in [0, 0.1) is 0 Å². The van der Waals surface area contributed by atoms with Crippen molar-refractivity contribution >= 4 is 39.1 Å².